The average molecular weight is 295 g/mol. The molecule has 2 aromatic rings. The Kier molecular flexibility index (Phi) is 4.25. The van der Waals surface area contributed by atoms with E-state index >= 15 is 0 Å². The van der Waals surface area contributed by atoms with Crippen molar-refractivity contribution < 1.29 is 9.90 Å². The predicted molar refractivity (Wildman–Crippen MR) is 87.0 cm³/mol. The van der Waals surface area contributed by atoms with Crippen LogP contribution in [0, 0.1) is 5.92 Å². The number of aryl methyl sites for hydroxylation is 2. The molecule has 0 radical (unpaired) electrons. The van der Waals surface area contributed by atoms with Crippen LogP contribution in [0.5, 0.6) is 5.75 Å². The molecule has 0 saturated carbocycles. The fraction of sp³-hybridized carbons (Fsp3) is 0.316. The van der Waals surface area contributed by atoms with Crippen LogP contribution in [0.25, 0.3) is 0 Å². The molecule has 114 valence electrons. The lowest BCUT2D eigenvalue weighted by Gasteiger charge is -2.28. The van der Waals surface area contributed by atoms with E-state index in [1.807, 2.05) is 36.4 Å². The quantitative estimate of drug-likeness (QED) is 0.911. The van der Waals surface area contributed by atoms with Crippen molar-refractivity contribution in [1.29, 1.82) is 0 Å². The number of carbonyl (C=O) groups is 1. The summed E-state index contributed by atoms with van der Waals surface area (Å²) in [6.07, 6.45) is 3.38. The van der Waals surface area contributed by atoms with Gasteiger partial charge in [-0.3, -0.25) is 4.79 Å². The van der Waals surface area contributed by atoms with Crippen LogP contribution in [-0.4, -0.2) is 16.9 Å². The highest BCUT2D eigenvalue weighted by Gasteiger charge is 2.31. The zero-order chi connectivity index (χ0) is 15.5. The Hall–Kier alpha value is -2.13. The van der Waals surface area contributed by atoms with Gasteiger partial charge in [0.05, 0.1) is 0 Å². The molecule has 0 fully saturated rings. The molecule has 2 unspecified atom stereocenters. The highest BCUT2D eigenvalue weighted by atomic mass is 16.3. The summed E-state index contributed by atoms with van der Waals surface area (Å²) in [6, 6.07) is 14.9. The van der Waals surface area contributed by atoms with Gasteiger partial charge in [-0.25, -0.2) is 0 Å². The monoisotopic (exact) mass is 295 g/mol. The van der Waals surface area contributed by atoms with E-state index in [9.17, 15) is 9.90 Å². The SMILES string of the molecule is NC(CCc1ccc(O)cc1)C1CCc2ccccc2C1=O. The molecule has 22 heavy (non-hydrogen) atoms. The van der Waals surface area contributed by atoms with Gasteiger partial charge < -0.3 is 10.8 Å². The first kappa shape index (κ1) is 14.8. The first-order chi connectivity index (χ1) is 10.6. The van der Waals surface area contributed by atoms with Crippen LogP contribution >= 0.6 is 0 Å². The van der Waals surface area contributed by atoms with Gasteiger partial charge in [0, 0.05) is 17.5 Å². The van der Waals surface area contributed by atoms with Crippen LogP contribution in [0.2, 0.25) is 0 Å². The van der Waals surface area contributed by atoms with Crippen molar-refractivity contribution >= 4 is 5.78 Å². The number of Topliss-reactive ketones (excluding diaryl/α,β-unsaturated/α-hetero) is 1. The average Bonchev–Trinajstić information content (AvgIpc) is 2.55. The molecule has 0 heterocycles. The van der Waals surface area contributed by atoms with E-state index in [-0.39, 0.29) is 23.5 Å². The number of benzene rings is 2. The summed E-state index contributed by atoms with van der Waals surface area (Å²) in [7, 11) is 0. The van der Waals surface area contributed by atoms with Crippen molar-refractivity contribution in [2.45, 2.75) is 31.7 Å². The van der Waals surface area contributed by atoms with Gasteiger partial charge in [0.15, 0.2) is 5.78 Å². The number of hydrogen-bond acceptors (Lipinski definition) is 3. The zero-order valence-corrected chi connectivity index (χ0v) is 12.5. The Labute approximate surface area is 130 Å². The summed E-state index contributed by atoms with van der Waals surface area (Å²) in [4.78, 5) is 12.6. The number of nitrogens with two attached hydrogens (primary N) is 1. The van der Waals surface area contributed by atoms with Gasteiger partial charge in [-0.2, -0.15) is 0 Å². The number of aromatic hydroxyl groups is 1. The van der Waals surface area contributed by atoms with Crippen molar-refractivity contribution in [2.75, 3.05) is 0 Å². The van der Waals surface area contributed by atoms with Gasteiger partial charge in [-0.1, -0.05) is 36.4 Å². The second-order valence-electron chi connectivity index (χ2n) is 6.04. The largest absolute Gasteiger partial charge is 0.508 e. The van der Waals surface area contributed by atoms with Crippen molar-refractivity contribution in [1.82, 2.24) is 0 Å². The third kappa shape index (κ3) is 3.04. The second-order valence-corrected chi connectivity index (χ2v) is 6.04. The number of phenols is 1. The van der Waals surface area contributed by atoms with E-state index in [0.717, 1.165) is 42.4 Å². The highest BCUT2D eigenvalue weighted by molar-refractivity contribution is 6.00. The Morgan fingerprint density at radius 1 is 1.14 bits per heavy atom. The van der Waals surface area contributed by atoms with Crippen LogP contribution in [0.3, 0.4) is 0 Å². The fourth-order valence-electron chi connectivity index (χ4n) is 3.23. The van der Waals surface area contributed by atoms with Gasteiger partial charge in [-0.15, -0.1) is 0 Å². The molecular weight excluding hydrogens is 274 g/mol. The van der Waals surface area contributed by atoms with E-state index in [1.165, 1.54) is 0 Å². The molecule has 0 amide bonds. The molecule has 3 N–H and O–H groups in total. The van der Waals surface area contributed by atoms with E-state index in [4.69, 9.17) is 5.73 Å². The minimum atomic E-state index is -0.116. The van der Waals surface area contributed by atoms with E-state index in [2.05, 4.69) is 0 Å². The normalized spacial score (nSPS) is 18.8. The molecule has 0 aromatic heterocycles. The number of carbonyl (C=O) groups excluding carboxylic acids is 1. The third-order valence-electron chi connectivity index (χ3n) is 4.56. The Bertz CT molecular complexity index is 663. The molecule has 0 saturated heterocycles. The smallest absolute Gasteiger partial charge is 0.167 e. The maximum absolute atomic E-state index is 12.6. The van der Waals surface area contributed by atoms with Gasteiger partial charge in [0.1, 0.15) is 5.75 Å². The third-order valence-corrected chi connectivity index (χ3v) is 4.56. The maximum Gasteiger partial charge on any atom is 0.167 e. The molecule has 2 aromatic carbocycles. The molecule has 2 atom stereocenters. The minimum absolute atomic E-state index is 0.0768. The topological polar surface area (TPSA) is 63.3 Å². The molecule has 3 rings (SSSR count). The van der Waals surface area contributed by atoms with Crippen molar-refractivity contribution in [3.05, 3.63) is 65.2 Å². The molecule has 0 bridgehead atoms. The van der Waals surface area contributed by atoms with Crippen LogP contribution in [0.1, 0.15) is 34.3 Å². The molecule has 0 spiro atoms. The summed E-state index contributed by atoms with van der Waals surface area (Å²) in [5, 5.41) is 9.30. The number of fused-ring (bicyclic) bond motifs is 1. The lowest BCUT2D eigenvalue weighted by Crippen LogP contribution is -2.38. The summed E-state index contributed by atoms with van der Waals surface area (Å²) in [5.74, 6) is 0.388. The van der Waals surface area contributed by atoms with Crippen molar-refractivity contribution in [3.63, 3.8) is 0 Å². The van der Waals surface area contributed by atoms with E-state index in [0.29, 0.717) is 0 Å². The van der Waals surface area contributed by atoms with Gasteiger partial charge in [0.2, 0.25) is 0 Å². The summed E-state index contributed by atoms with van der Waals surface area (Å²) in [6.45, 7) is 0. The van der Waals surface area contributed by atoms with Crippen LogP contribution < -0.4 is 5.73 Å². The standard InChI is InChI=1S/C19H21NO2/c20-18(12-7-13-5-9-15(21)10-6-13)17-11-8-14-3-1-2-4-16(14)19(17)22/h1-6,9-10,17-18,21H,7-8,11-12,20H2. The summed E-state index contributed by atoms with van der Waals surface area (Å²) >= 11 is 0. The number of ketones is 1. The lowest BCUT2D eigenvalue weighted by atomic mass is 9.78. The fourth-order valence-corrected chi connectivity index (χ4v) is 3.23. The van der Waals surface area contributed by atoms with Crippen LogP contribution in [-0.2, 0) is 12.8 Å². The van der Waals surface area contributed by atoms with Gasteiger partial charge in [0.25, 0.3) is 0 Å². The maximum atomic E-state index is 12.6. The number of hydrogen-bond donors (Lipinski definition) is 2. The Balaban J connectivity index is 1.64. The van der Waals surface area contributed by atoms with Crippen LogP contribution in [0.15, 0.2) is 48.5 Å². The van der Waals surface area contributed by atoms with Gasteiger partial charge in [-0.05, 0) is 48.9 Å². The highest BCUT2D eigenvalue weighted by Crippen LogP contribution is 2.28. The molecule has 0 aliphatic heterocycles. The zero-order valence-electron chi connectivity index (χ0n) is 12.5. The van der Waals surface area contributed by atoms with Crippen molar-refractivity contribution in [3.8, 4) is 5.75 Å². The van der Waals surface area contributed by atoms with E-state index in [1.54, 1.807) is 12.1 Å². The summed E-state index contributed by atoms with van der Waals surface area (Å²) in [5.41, 5.74) is 9.43. The number of phenolic OH excluding ortho intramolecular Hbond substituents is 1. The van der Waals surface area contributed by atoms with Gasteiger partial charge >= 0.3 is 0 Å². The first-order valence-electron chi connectivity index (χ1n) is 7.81. The minimum Gasteiger partial charge on any atom is -0.508 e. The van der Waals surface area contributed by atoms with Crippen molar-refractivity contribution in [2.24, 2.45) is 11.7 Å². The Morgan fingerprint density at radius 3 is 2.64 bits per heavy atom. The lowest BCUT2D eigenvalue weighted by molar-refractivity contribution is 0.0878. The molecular formula is C19H21NO2. The molecule has 1 aliphatic rings. The Morgan fingerprint density at radius 2 is 1.86 bits per heavy atom. The van der Waals surface area contributed by atoms with E-state index < -0.39 is 0 Å². The molecule has 3 nitrogen and oxygen atoms in total. The molecule has 3 heteroatoms. The summed E-state index contributed by atoms with van der Waals surface area (Å²) < 4.78 is 0. The molecule has 1 aliphatic carbocycles. The number of rotatable bonds is 4. The second kappa shape index (κ2) is 6.32. The predicted octanol–water partition coefficient (Wildman–Crippen LogP) is 3.10. The first-order valence-corrected chi connectivity index (χ1v) is 7.81. The van der Waals surface area contributed by atoms with Crippen LogP contribution in [0.4, 0.5) is 0 Å².